The van der Waals surface area contributed by atoms with Crippen LogP contribution in [0.5, 0.6) is 0 Å². The van der Waals surface area contributed by atoms with Crippen molar-refractivity contribution in [2.45, 2.75) is 51.7 Å². The van der Waals surface area contributed by atoms with Crippen LogP contribution < -0.4 is 0 Å². The highest BCUT2D eigenvalue weighted by molar-refractivity contribution is 5.92. The molecule has 0 saturated carbocycles. The van der Waals surface area contributed by atoms with E-state index < -0.39 is 5.60 Å². The number of H-pyrrole nitrogens is 1. The molecule has 1 fully saturated rings. The fraction of sp³-hybridized carbons (Fsp3) is 0.625. The van der Waals surface area contributed by atoms with Crippen molar-refractivity contribution in [1.29, 1.82) is 0 Å². The van der Waals surface area contributed by atoms with Crippen molar-refractivity contribution in [3.05, 3.63) is 29.3 Å². The quantitative estimate of drug-likeness (QED) is 0.882. The van der Waals surface area contributed by atoms with Gasteiger partial charge in [0.25, 0.3) is 5.91 Å². The Balaban J connectivity index is 1.74. The molecule has 1 saturated heterocycles. The first-order chi connectivity index (χ1) is 11.3. The summed E-state index contributed by atoms with van der Waals surface area (Å²) in [7, 11) is 0. The fourth-order valence-electron chi connectivity index (χ4n) is 2.82. The highest BCUT2D eigenvalue weighted by atomic mass is 16.3. The lowest BCUT2D eigenvalue weighted by atomic mass is 10.00. The van der Waals surface area contributed by atoms with E-state index in [0.29, 0.717) is 24.4 Å². The Kier molecular flexibility index (Phi) is 4.16. The SMILES string of the molecule is CC(C)c1cc(C(=O)N2CC[C@](O)(c3cn(C(C)C)nn3)C2)n[nH]1. The summed E-state index contributed by atoms with van der Waals surface area (Å²) < 4.78 is 1.71. The number of rotatable bonds is 4. The van der Waals surface area contributed by atoms with Gasteiger partial charge < -0.3 is 10.0 Å². The summed E-state index contributed by atoms with van der Waals surface area (Å²) >= 11 is 0. The third kappa shape index (κ3) is 2.93. The van der Waals surface area contributed by atoms with Gasteiger partial charge >= 0.3 is 0 Å². The first-order valence-electron chi connectivity index (χ1n) is 8.29. The smallest absolute Gasteiger partial charge is 0.274 e. The molecule has 2 aromatic heterocycles. The molecule has 130 valence electrons. The maximum Gasteiger partial charge on any atom is 0.274 e. The van der Waals surface area contributed by atoms with Gasteiger partial charge in [-0.25, -0.2) is 4.68 Å². The molecular formula is C16H24N6O2. The van der Waals surface area contributed by atoms with E-state index in [1.54, 1.807) is 21.8 Å². The third-order valence-electron chi connectivity index (χ3n) is 4.49. The number of β-amino-alcohol motifs (C(OH)–C–C–N with tert-alkyl or cyclic N) is 1. The number of carbonyl (C=O) groups excluding carboxylic acids is 1. The van der Waals surface area contributed by atoms with Crippen molar-refractivity contribution >= 4 is 5.91 Å². The summed E-state index contributed by atoms with van der Waals surface area (Å²) in [5.41, 5.74) is 0.665. The normalized spacial score (nSPS) is 21.2. The maximum atomic E-state index is 12.6. The number of likely N-dealkylation sites (tertiary alicyclic amines) is 1. The molecule has 2 aromatic rings. The lowest BCUT2D eigenvalue weighted by Gasteiger charge is -2.20. The lowest BCUT2D eigenvalue weighted by Crippen LogP contribution is -2.34. The first kappa shape index (κ1) is 16.6. The largest absolute Gasteiger partial charge is 0.381 e. The zero-order valence-electron chi connectivity index (χ0n) is 14.5. The van der Waals surface area contributed by atoms with Crippen LogP contribution in [0.15, 0.2) is 12.3 Å². The summed E-state index contributed by atoms with van der Waals surface area (Å²) in [5.74, 6) is 0.103. The minimum Gasteiger partial charge on any atom is -0.381 e. The highest BCUT2D eigenvalue weighted by Crippen LogP contribution is 2.31. The van der Waals surface area contributed by atoms with Crippen LogP contribution >= 0.6 is 0 Å². The molecule has 0 radical (unpaired) electrons. The molecule has 3 rings (SSSR count). The molecule has 1 atom stereocenters. The second kappa shape index (κ2) is 6.01. The Morgan fingerprint density at radius 1 is 1.38 bits per heavy atom. The number of nitrogens with zero attached hydrogens (tertiary/aromatic N) is 5. The molecule has 0 bridgehead atoms. The summed E-state index contributed by atoms with van der Waals surface area (Å²) in [6.45, 7) is 8.73. The van der Waals surface area contributed by atoms with Crippen molar-refractivity contribution in [3.63, 3.8) is 0 Å². The molecular weight excluding hydrogens is 308 g/mol. The number of aliphatic hydroxyl groups is 1. The van der Waals surface area contributed by atoms with E-state index in [0.717, 1.165) is 5.69 Å². The molecule has 0 aliphatic carbocycles. The zero-order valence-corrected chi connectivity index (χ0v) is 14.5. The van der Waals surface area contributed by atoms with E-state index in [4.69, 9.17) is 0 Å². The van der Waals surface area contributed by atoms with E-state index in [1.165, 1.54) is 0 Å². The molecule has 8 heteroatoms. The Bertz CT molecular complexity index is 735. The summed E-state index contributed by atoms with van der Waals surface area (Å²) in [4.78, 5) is 14.2. The van der Waals surface area contributed by atoms with Crippen molar-refractivity contribution < 1.29 is 9.90 Å². The van der Waals surface area contributed by atoms with Gasteiger partial charge in [0.1, 0.15) is 17.0 Å². The molecule has 1 aliphatic rings. The number of aromatic amines is 1. The predicted octanol–water partition coefficient (Wildman–Crippen LogP) is 1.44. The van der Waals surface area contributed by atoms with Crippen LogP contribution in [0.4, 0.5) is 0 Å². The second-order valence-corrected chi connectivity index (χ2v) is 7.05. The Morgan fingerprint density at radius 2 is 2.12 bits per heavy atom. The molecule has 24 heavy (non-hydrogen) atoms. The number of hydrogen-bond acceptors (Lipinski definition) is 5. The van der Waals surface area contributed by atoms with Crippen molar-refractivity contribution in [1.82, 2.24) is 30.1 Å². The first-order valence-corrected chi connectivity index (χ1v) is 8.29. The van der Waals surface area contributed by atoms with Gasteiger partial charge in [-0.2, -0.15) is 5.10 Å². The Labute approximate surface area is 140 Å². The lowest BCUT2D eigenvalue weighted by molar-refractivity contribution is 0.0380. The predicted molar refractivity (Wildman–Crippen MR) is 87.5 cm³/mol. The minimum absolute atomic E-state index is 0.174. The number of carbonyl (C=O) groups is 1. The third-order valence-corrected chi connectivity index (χ3v) is 4.49. The zero-order chi connectivity index (χ0) is 17.5. The van der Waals surface area contributed by atoms with Gasteiger partial charge in [0.15, 0.2) is 0 Å². The molecule has 1 aliphatic heterocycles. The van der Waals surface area contributed by atoms with Crippen LogP contribution in [0.3, 0.4) is 0 Å². The Morgan fingerprint density at radius 3 is 2.71 bits per heavy atom. The summed E-state index contributed by atoms with van der Waals surface area (Å²) in [6, 6.07) is 1.95. The van der Waals surface area contributed by atoms with Gasteiger partial charge in [-0.05, 0) is 25.8 Å². The van der Waals surface area contributed by atoms with Crippen LogP contribution in [0.25, 0.3) is 0 Å². The Hall–Kier alpha value is -2.22. The van der Waals surface area contributed by atoms with E-state index in [2.05, 4.69) is 20.5 Å². The van der Waals surface area contributed by atoms with E-state index in [-0.39, 0.29) is 24.4 Å². The number of hydrogen-bond donors (Lipinski definition) is 2. The average Bonchev–Trinajstić information content (AvgIpc) is 3.26. The number of nitrogens with one attached hydrogen (secondary N) is 1. The maximum absolute atomic E-state index is 12.6. The molecule has 0 aromatic carbocycles. The van der Waals surface area contributed by atoms with Gasteiger partial charge in [-0.1, -0.05) is 19.1 Å². The number of aromatic nitrogens is 5. The minimum atomic E-state index is -1.15. The van der Waals surface area contributed by atoms with Gasteiger partial charge in [-0.15, -0.1) is 5.10 Å². The summed E-state index contributed by atoms with van der Waals surface area (Å²) in [5, 5.41) is 26.0. The van der Waals surface area contributed by atoms with Crippen LogP contribution in [0.2, 0.25) is 0 Å². The van der Waals surface area contributed by atoms with Crippen molar-refractivity contribution in [3.8, 4) is 0 Å². The van der Waals surface area contributed by atoms with Gasteiger partial charge in [0.2, 0.25) is 0 Å². The molecule has 1 amide bonds. The molecule has 0 unspecified atom stereocenters. The van der Waals surface area contributed by atoms with Crippen LogP contribution in [-0.2, 0) is 5.60 Å². The van der Waals surface area contributed by atoms with Crippen LogP contribution in [0, 0.1) is 0 Å². The van der Waals surface area contributed by atoms with Gasteiger partial charge in [0, 0.05) is 24.7 Å². The number of amides is 1. The van der Waals surface area contributed by atoms with Crippen molar-refractivity contribution in [2.24, 2.45) is 0 Å². The molecule has 8 nitrogen and oxygen atoms in total. The van der Waals surface area contributed by atoms with Gasteiger partial charge in [0.05, 0.1) is 12.7 Å². The van der Waals surface area contributed by atoms with Crippen LogP contribution in [0.1, 0.15) is 68.0 Å². The fourth-order valence-corrected chi connectivity index (χ4v) is 2.82. The standard InChI is InChI=1S/C16H24N6O2/c1-10(2)12-7-13(18-17-12)15(23)21-6-5-16(24,9-21)14-8-22(11(3)4)20-19-14/h7-8,10-11,24H,5-6,9H2,1-4H3,(H,17,18)/t16-/m1/s1. The van der Waals surface area contributed by atoms with Gasteiger partial charge in [-0.3, -0.25) is 9.89 Å². The van der Waals surface area contributed by atoms with E-state index in [9.17, 15) is 9.90 Å². The second-order valence-electron chi connectivity index (χ2n) is 7.05. The highest BCUT2D eigenvalue weighted by Gasteiger charge is 2.42. The monoisotopic (exact) mass is 332 g/mol. The molecule has 0 spiro atoms. The topological polar surface area (TPSA) is 99.9 Å². The summed E-state index contributed by atoms with van der Waals surface area (Å²) in [6.07, 6.45) is 2.20. The average molecular weight is 332 g/mol. The van der Waals surface area contributed by atoms with Crippen molar-refractivity contribution in [2.75, 3.05) is 13.1 Å². The molecule has 2 N–H and O–H groups in total. The van der Waals surface area contributed by atoms with E-state index in [1.807, 2.05) is 27.7 Å². The molecule has 3 heterocycles. The van der Waals surface area contributed by atoms with Crippen LogP contribution in [-0.4, -0.2) is 54.2 Å². The van der Waals surface area contributed by atoms with E-state index >= 15 is 0 Å².